The van der Waals surface area contributed by atoms with E-state index in [2.05, 4.69) is 10.3 Å². The van der Waals surface area contributed by atoms with Gasteiger partial charge >= 0.3 is 6.18 Å². The molecule has 0 bridgehead atoms. The van der Waals surface area contributed by atoms with Gasteiger partial charge in [-0.05, 0) is 61.7 Å². The largest absolute Gasteiger partial charge is 0.433 e. The first-order valence-corrected chi connectivity index (χ1v) is 7.78. The molecule has 1 aliphatic heterocycles. The number of halogens is 3. The van der Waals surface area contributed by atoms with E-state index < -0.39 is 11.9 Å². The van der Waals surface area contributed by atoms with Crippen LogP contribution >= 0.6 is 0 Å². The molecule has 0 amide bonds. The van der Waals surface area contributed by atoms with Gasteiger partial charge < -0.3 is 5.32 Å². The highest BCUT2D eigenvalue weighted by molar-refractivity contribution is 5.80. The number of hydrogen-bond donors (Lipinski definition) is 1. The van der Waals surface area contributed by atoms with Gasteiger partial charge in [0.25, 0.3) is 0 Å². The van der Waals surface area contributed by atoms with Gasteiger partial charge in [0.2, 0.25) is 0 Å². The van der Waals surface area contributed by atoms with E-state index in [-0.39, 0.29) is 0 Å². The number of rotatable bonds is 1. The summed E-state index contributed by atoms with van der Waals surface area (Å²) >= 11 is 0. The minimum atomic E-state index is -4.45. The summed E-state index contributed by atoms with van der Waals surface area (Å²) in [5, 5.41) is 4.05. The number of pyridine rings is 1. The second-order valence-corrected chi connectivity index (χ2v) is 6.20. The predicted octanol–water partition coefficient (Wildman–Crippen LogP) is 4.63. The van der Waals surface area contributed by atoms with Gasteiger partial charge in [0, 0.05) is 29.0 Å². The van der Waals surface area contributed by atoms with Crippen LogP contribution in [0.4, 0.5) is 18.9 Å². The lowest BCUT2D eigenvalue weighted by molar-refractivity contribution is -0.141. The van der Waals surface area contributed by atoms with Gasteiger partial charge in [0.05, 0.1) is 0 Å². The van der Waals surface area contributed by atoms with E-state index in [9.17, 15) is 13.2 Å². The Hall–Kier alpha value is -2.50. The normalized spacial score (nSPS) is 14.0. The number of aromatic nitrogens is 2. The average Bonchev–Trinajstić information content (AvgIpc) is 3.08. The fourth-order valence-electron chi connectivity index (χ4n) is 3.43. The fraction of sp³-hybridized carbons (Fsp3) is 0.278. The zero-order chi connectivity index (χ0) is 17.1. The first-order valence-electron chi connectivity index (χ1n) is 7.78. The van der Waals surface area contributed by atoms with Crippen molar-refractivity contribution in [2.45, 2.75) is 26.4 Å². The van der Waals surface area contributed by atoms with Crippen molar-refractivity contribution in [3.05, 3.63) is 52.8 Å². The van der Waals surface area contributed by atoms with Crippen molar-refractivity contribution in [3.63, 3.8) is 0 Å². The second kappa shape index (κ2) is 5.00. The molecule has 0 spiro atoms. The summed E-state index contributed by atoms with van der Waals surface area (Å²) in [6.45, 7) is 4.79. The molecule has 3 aromatic rings. The molecular weight excluding hydrogens is 315 g/mol. The van der Waals surface area contributed by atoms with Crippen LogP contribution in [0.3, 0.4) is 0 Å². The summed E-state index contributed by atoms with van der Waals surface area (Å²) in [5.74, 6) is 0. The third-order valence-electron chi connectivity index (χ3n) is 4.48. The van der Waals surface area contributed by atoms with Crippen LogP contribution in [0.2, 0.25) is 0 Å². The van der Waals surface area contributed by atoms with Crippen molar-refractivity contribution in [1.29, 1.82) is 0 Å². The molecule has 3 nitrogen and oxygen atoms in total. The summed E-state index contributed by atoms with van der Waals surface area (Å²) in [4.78, 5) is 3.89. The molecule has 1 aromatic carbocycles. The Morgan fingerprint density at radius 3 is 2.67 bits per heavy atom. The molecule has 1 N–H and O–H groups in total. The first-order chi connectivity index (χ1) is 11.3. The van der Waals surface area contributed by atoms with E-state index >= 15 is 0 Å². The summed E-state index contributed by atoms with van der Waals surface area (Å²) in [7, 11) is 0. The molecule has 0 aliphatic carbocycles. The van der Waals surface area contributed by atoms with Crippen molar-refractivity contribution in [2.75, 3.05) is 11.9 Å². The van der Waals surface area contributed by atoms with Crippen molar-refractivity contribution < 1.29 is 13.2 Å². The third-order valence-corrected chi connectivity index (χ3v) is 4.48. The second-order valence-electron chi connectivity index (χ2n) is 6.20. The molecule has 4 rings (SSSR count). The maximum atomic E-state index is 13.0. The number of nitrogens with zero attached hydrogens (tertiary/aromatic N) is 2. The molecule has 2 aromatic heterocycles. The molecule has 0 radical (unpaired) electrons. The standard InChI is InChI=1S/C18H16F3N3/c1-10-7-14(9-12-5-6-22-16(10)12)24-11(2)8-13-3-4-15(18(19,20)21)23-17(13)24/h3-4,7-9,22H,5-6H2,1-2H3. The number of alkyl halides is 3. The Labute approximate surface area is 137 Å². The van der Waals surface area contributed by atoms with Gasteiger partial charge in [-0.15, -0.1) is 0 Å². The van der Waals surface area contributed by atoms with Crippen LogP contribution in [-0.4, -0.2) is 16.1 Å². The number of aryl methyl sites for hydroxylation is 2. The van der Waals surface area contributed by atoms with E-state index in [1.165, 1.54) is 11.6 Å². The van der Waals surface area contributed by atoms with E-state index in [4.69, 9.17) is 0 Å². The summed E-state index contributed by atoms with van der Waals surface area (Å²) in [6, 6.07) is 8.41. The molecule has 0 saturated heterocycles. The zero-order valence-corrected chi connectivity index (χ0v) is 13.3. The van der Waals surface area contributed by atoms with Crippen molar-refractivity contribution in [2.24, 2.45) is 0 Å². The number of benzene rings is 1. The Kier molecular flexibility index (Phi) is 3.13. The predicted molar refractivity (Wildman–Crippen MR) is 87.7 cm³/mol. The Morgan fingerprint density at radius 1 is 1.12 bits per heavy atom. The molecule has 124 valence electrons. The molecule has 0 atom stereocenters. The fourth-order valence-corrected chi connectivity index (χ4v) is 3.43. The molecule has 0 saturated carbocycles. The first kappa shape index (κ1) is 15.1. The van der Waals surface area contributed by atoms with Crippen molar-refractivity contribution >= 4 is 16.7 Å². The number of nitrogens with one attached hydrogen (secondary N) is 1. The van der Waals surface area contributed by atoms with Gasteiger partial charge in [-0.3, -0.25) is 4.57 Å². The SMILES string of the molecule is Cc1cc(-n2c(C)cc3ccc(C(F)(F)F)nc32)cc2c1NCC2. The monoisotopic (exact) mass is 331 g/mol. The lowest BCUT2D eigenvalue weighted by atomic mass is 10.1. The van der Waals surface area contributed by atoms with Gasteiger partial charge in [-0.2, -0.15) is 13.2 Å². The van der Waals surface area contributed by atoms with Crippen LogP contribution in [0.15, 0.2) is 30.3 Å². The van der Waals surface area contributed by atoms with Gasteiger partial charge in [-0.25, -0.2) is 4.98 Å². The Morgan fingerprint density at radius 2 is 1.92 bits per heavy atom. The maximum absolute atomic E-state index is 13.0. The molecule has 0 unspecified atom stereocenters. The highest BCUT2D eigenvalue weighted by Crippen LogP contribution is 2.33. The van der Waals surface area contributed by atoms with Crippen LogP contribution in [0.1, 0.15) is 22.5 Å². The van der Waals surface area contributed by atoms with Gasteiger partial charge in [-0.1, -0.05) is 0 Å². The van der Waals surface area contributed by atoms with Crippen molar-refractivity contribution in [1.82, 2.24) is 9.55 Å². The van der Waals surface area contributed by atoms with Crippen LogP contribution in [-0.2, 0) is 12.6 Å². The highest BCUT2D eigenvalue weighted by atomic mass is 19.4. The lowest BCUT2D eigenvalue weighted by Crippen LogP contribution is -2.09. The van der Waals surface area contributed by atoms with Gasteiger partial charge in [0.15, 0.2) is 0 Å². The smallest absolute Gasteiger partial charge is 0.384 e. The highest BCUT2D eigenvalue weighted by Gasteiger charge is 2.33. The van der Waals surface area contributed by atoms with E-state index in [0.29, 0.717) is 11.0 Å². The number of fused-ring (bicyclic) bond motifs is 2. The third kappa shape index (κ3) is 2.25. The number of anilines is 1. The molecule has 0 fully saturated rings. The van der Waals surface area contributed by atoms with Crippen LogP contribution < -0.4 is 5.32 Å². The number of hydrogen-bond acceptors (Lipinski definition) is 2. The van der Waals surface area contributed by atoms with Crippen LogP contribution in [0, 0.1) is 13.8 Å². The molecular formula is C18H16F3N3. The molecule has 24 heavy (non-hydrogen) atoms. The lowest BCUT2D eigenvalue weighted by Gasteiger charge is -2.13. The molecule has 3 heterocycles. The maximum Gasteiger partial charge on any atom is 0.433 e. The summed E-state index contributed by atoms with van der Waals surface area (Å²) < 4.78 is 40.9. The Balaban J connectivity index is 1.96. The quantitative estimate of drug-likeness (QED) is 0.704. The summed E-state index contributed by atoms with van der Waals surface area (Å²) in [5.41, 5.74) is 4.61. The Bertz CT molecular complexity index is 954. The molecule has 1 aliphatic rings. The van der Waals surface area contributed by atoms with E-state index in [1.54, 1.807) is 4.57 Å². The minimum absolute atomic E-state index is 0.340. The van der Waals surface area contributed by atoms with E-state index in [1.807, 2.05) is 32.0 Å². The van der Waals surface area contributed by atoms with Crippen molar-refractivity contribution in [3.8, 4) is 5.69 Å². The van der Waals surface area contributed by atoms with E-state index in [0.717, 1.165) is 41.7 Å². The summed E-state index contributed by atoms with van der Waals surface area (Å²) in [6.07, 6.45) is -3.53. The zero-order valence-electron chi connectivity index (χ0n) is 13.3. The van der Waals surface area contributed by atoms with Crippen LogP contribution in [0.5, 0.6) is 0 Å². The van der Waals surface area contributed by atoms with Crippen LogP contribution in [0.25, 0.3) is 16.7 Å². The average molecular weight is 331 g/mol. The van der Waals surface area contributed by atoms with Gasteiger partial charge in [0.1, 0.15) is 11.3 Å². The minimum Gasteiger partial charge on any atom is -0.384 e. The molecule has 6 heteroatoms. The topological polar surface area (TPSA) is 29.9 Å².